The molecule has 0 heterocycles. The van der Waals surface area contributed by atoms with Crippen molar-refractivity contribution >= 4 is 17.8 Å². The van der Waals surface area contributed by atoms with Gasteiger partial charge in [0.2, 0.25) is 0 Å². The summed E-state index contributed by atoms with van der Waals surface area (Å²) in [5, 5.41) is 0. The quantitative estimate of drug-likeness (QED) is 0.458. The van der Waals surface area contributed by atoms with E-state index in [2.05, 4.69) is 0 Å². The Kier molecular flexibility index (Phi) is 6.14. The number of allylic oxidation sites excluding steroid dienone is 1. The van der Waals surface area contributed by atoms with Crippen molar-refractivity contribution in [1.29, 1.82) is 0 Å². The second-order valence-corrected chi connectivity index (χ2v) is 4.32. The average molecular weight is 300 g/mol. The number of ether oxygens (including phenoxy) is 1. The first-order chi connectivity index (χ1) is 9.82. The fourth-order valence-electron chi connectivity index (χ4n) is 1.44. The van der Waals surface area contributed by atoms with Crippen LogP contribution < -0.4 is 0 Å². The van der Waals surface area contributed by atoms with Gasteiger partial charge in [-0.3, -0.25) is 9.59 Å². The number of rotatable bonds is 6. The van der Waals surface area contributed by atoms with Crippen LogP contribution in [-0.4, -0.2) is 18.4 Å². The van der Waals surface area contributed by atoms with E-state index >= 15 is 0 Å². The minimum absolute atomic E-state index is 0.259. The highest BCUT2D eigenvalue weighted by Gasteiger charge is 2.29. The fraction of sp³-hybridized carbons (Fsp3) is 0.333. The summed E-state index contributed by atoms with van der Waals surface area (Å²) in [6.07, 6.45) is -1.59. The van der Waals surface area contributed by atoms with Crippen LogP contribution in [0.5, 0.6) is 0 Å². The van der Waals surface area contributed by atoms with Crippen LogP contribution in [0.4, 0.5) is 13.2 Å². The number of hydrogen-bond donors (Lipinski definition) is 0. The summed E-state index contributed by atoms with van der Waals surface area (Å²) in [7, 11) is 0. The zero-order valence-electron chi connectivity index (χ0n) is 11.4. The van der Waals surface area contributed by atoms with Gasteiger partial charge in [-0.15, -0.1) is 0 Å². The first-order valence-corrected chi connectivity index (χ1v) is 6.36. The van der Waals surface area contributed by atoms with Gasteiger partial charge < -0.3 is 4.74 Å². The highest BCUT2D eigenvalue weighted by atomic mass is 19.4. The summed E-state index contributed by atoms with van der Waals surface area (Å²) in [5.41, 5.74) is -0.313. The maximum atomic E-state index is 12.4. The van der Waals surface area contributed by atoms with Crippen LogP contribution in [0.2, 0.25) is 0 Å². The summed E-state index contributed by atoms with van der Waals surface area (Å²) in [6, 6.07) is 4.36. The van der Waals surface area contributed by atoms with Gasteiger partial charge in [0.15, 0.2) is 5.78 Å². The molecule has 114 valence electrons. The van der Waals surface area contributed by atoms with Crippen LogP contribution >= 0.6 is 0 Å². The van der Waals surface area contributed by atoms with E-state index < -0.39 is 23.5 Å². The Morgan fingerprint density at radius 1 is 1.19 bits per heavy atom. The van der Waals surface area contributed by atoms with E-state index in [-0.39, 0.29) is 13.0 Å². The van der Waals surface area contributed by atoms with Gasteiger partial charge in [0.1, 0.15) is 6.42 Å². The lowest BCUT2D eigenvalue weighted by atomic mass is 10.1. The van der Waals surface area contributed by atoms with E-state index in [0.29, 0.717) is 12.0 Å². The van der Waals surface area contributed by atoms with Crippen molar-refractivity contribution < 1.29 is 27.5 Å². The minimum Gasteiger partial charge on any atom is -0.465 e. The van der Waals surface area contributed by atoms with Crippen molar-refractivity contribution in [2.45, 2.75) is 25.9 Å². The largest absolute Gasteiger partial charge is 0.465 e. The molecule has 0 N–H and O–H groups in total. The first-order valence-electron chi connectivity index (χ1n) is 6.36. The Bertz CT molecular complexity index is 516. The van der Waals surface area contributed by atoms with E-state index in [0.717, 1.165) is 18.2 Å². The third-order valence-electron chi connectivity index (χ3n) is 2.49. The molecule has 6 heteroatoms. The molecule has 0 radical (unpaired) electrons. The second-order valence-electron chi connectivity index (χ2n) is 4.32. The van der Waals surface area contributed by atoms with E-state index in [1.54, 1.807) is 0 Å². The van der Waals surface area contributed by atoms with Gasteiger partial charge in [-0.05, 0) is 30.2 Å². The molecule has 0 fully saturated rings. The Labute approximate surface area is 120 Å². The highest BCUT2D eigenvalue weighted by Crippen LogP contribution is 2.29. The zero-order chi connectivity index (χ0) is 15.9. The summed E-state index contributed by atoms with van der Waals surface area (Å²) >= 11 is 0. The number of hydrogen-bond acceptors (Lipinski definition) is 3. The number of benzene rings is 1. The number of alkyl halides is 3. The van der Waals surface area contributed by atoms with Crippen LogP contribution in [-0.2, 0) is 20.5 Å². The molecule has 1 rings (SSSR count). The van der Waals surface area contributed by atoms with Crippen molar-refractivity contribution in [3.8, 4) is 0 Å². The van der Waals surface area contributed by atoms with Gasteiger partial charge in [0.25, 0.3) is 0 Å². The van der Waals surface area contributed by atoms with Crippen molar-refractivity contribution in [3.63, 3.8) is 0 Å². The molecule has 0 saturated heterocycles. The van der Waals surface area contributed by atoms with E-state index in [4.69, 9.17) is 4.74 Å². The van der Waals surface area contributed by atoms with E-state index in [1.807, 2.05) is 6.92 Å². The van der Waals surface area contributed by atoms with E-state index in [9.17, 15) is 22.8 Å². The summed E-state index contributed by atoms with van der Waals surface area (Å²) < 4.78 is 41.8. The third-order valence-corrected chi connectivity index (χ3v) is 2.49. The van der Waals surface area contributed by atoms with Crippen molar-refractivity contribution in [2.75, 3.05) is 6.61 Å². The Hall–Kier alpha value is -2.11. The van der Waals surface area contributed by atoms with Gasteiger partial charge in [0, 0.05) is 0 Å². The van der Waals surface area contributed by atoms with Crippen molar-refractivity contribution in [1.82, 2.24) is 0 Å². The molecule has 0 saturated carbocycles. The molecule has 0 bridgehead atoms. The Balaban J connectivity index is 2.56. The Morgan fingerprint density at radius 2 is 1.81 bits per heavy atom. The summed E-state index contributed by atoms with van der Waals surface area (Å²) in [6.45, 7) is 2.09. The normalized spacial score (nSPS) is 11.6. The molecule has 0 atom stereocenters. The van der Waals surface area contributed by atoms with Crippen LogP contribution in [0.15, 0.2) is 30.3 Å². The number of ketones is 1. The maximum Gasteiger partial charge on any atom is 0.416 e. The average Bonchev–Trinajstić information content (AvgIpc) is 2.42. The first kappa shape index (κ1) is 16.9. The number of carbonyl (C=O) groups is 2. The van der Waals surface area contributed by atoms with E-state index in [1.165, 1.54) is 18.2 Å². The van der Waals surface area contributed by atoms with Gasteiger partial charge >= 0.3 is 12.1 Å². The van der Waals surface area contributed by atoms with Gasteiger partial charge in [-0.1, -0.05) is 25.1 Å². The zero-order valence-corrected chi connectivity index (χ0v) is 11.4. The smallest absolute Gasteiger partial charge is 0.416 e. The molecular weight excluding hydrogens is 285 g/mol. The molecule has 0 aliphatic heterocycles. The standard InChI is InChI=1S/C15H15F3O3/c1-2-9-21-14(20)10-13(19)8-5-11-3-6-12(7-4-11)15(16,17)18/h3-8H,2,9-10H2,1H3. The molecule has 0 aliphatic rings. The van der Waals surface area contributed by atoms with Gasteiger partial charge in [0.05, 0.1) is 12.2 Å². The molecule has 3 nitrogen and oxygen atoms in total. The Morgan fingerprint density at radius 3 is 2.33 bits per heavy atom. The molecule has 0 unspecified atom stereocenters. The predicted molar refractivity (Wildman–Crippen MR) is 71.4 cm³/mol. The summed E-state index contributed by atoms with van der Waals surface area (Å²) in [4.78, 5) is 22.6. The molecule has 0 aliphatic carbocycles. The maximum absolute atomic E-state index is 12.4. The third kappa shape index (κ3) is 6.25. The number of halogens is 3. The van der Waals surface area contributed by atoms with Crippen LogP contribution in [0.25, 0.3) is 6.08 Å². The topological polar surface area (TPSA) is 43.4 Å². The number of esters is 1. The molecule has 0 spiro atoms. The predicted octanol–water partition coefficient (Wildman–Crippen LogP) is 3.63. The molecule has 21 heavy (non-hydrogen) atoms. The van der Waals surface area contributed by atoms with Crippen LogP contribution in [0, 0.1) is 0 Å². The lowest BCUT2D eigenvalue weighted by Gasteiger charge is -2.05. The lowest BCUT2D eigenvalue weighted by Crippen LogP contribution is -2.10. The molecule has 0 amide bonds. The monoisotopic (exact) mass is 300 g/mol. The lowest BCUT2D eigenvalue weighted by molar-refractivity contribution is -0.145. The van der Waals surface area contributed by atoms with Crippen LogP contribution in [0.3, 0.4) is 0 Å². The SMILES string of the molecule is CCCOC(=O)CC(=O)C=Cc1ccc(C(F)(F)F)cc1. The molecular formula is C15H15F3O3. The highest BCUT2D eigenvalue weighted by molar-refractivity contribution is 6.03. The van der Waals surface area contributed by atoms with Gasteiger partial charge in [-0.25, -0.2) is 0 Å². The van der Waals surface area contributed by atoms with Crippen LogP contribution in [0.1, 0.15) is 30.9 Å². The van der Waals surface area contributed by atoms with Crippen molar-refractivity contribution in [2.24, 2.45) is 0 Å². The second kappa shape index (κ2) is 7.61. The molecule has 1 aromatic carbocycles. The molecule has 0 aromatic heterocycles. The van der Waals surface area contributed by atoms with Gasteiger partial charge in [-0.2, -0.15) is 13.2 Å². The van der Waals surface area contributed by atoms with Crippen molar-refractivity contribution in [3.05, 3.63) is 41.5 Å². The minimum atomic E-state index is -4.39. The summed E-state index contributed by atoms with van der Waals surface area (Å²) in [5.74, 6) is -1.07. The number of carbonyl (C=O) groups excluding carboxylic acids is 2. The molecule has 1 aromatic rings. The fourth-order valence-corrected chi connectivity index (χ4v) is 1.44.